The Kier molecular flexibility index (Phi) is 5.20. The second-order valence-electron chi connectivity index (χ2n) is 5.32. The maximum Gasteiger partial charge on any atom is 0.373 e. The van der Waals surface area contributed by atoms with Gasteiger partial charge in [-0.3, -0.25) is 5.32 Å². The molecule has 2 unspecified atom stereocenters. The van der Waals surface area contributed by atoms with Crippen LogP contribution in [0.15, 0.2) is 34.1 Å². The van der Waals surface area contributed by atoms with E-state index in [1.807, 2.05) is 13.0 Å². The van der Waals surface area contributed by atoms with Crippen LogP contribution in [-0.2, 0) is 4.74 Å². The molecule has 0 aliphatic rings. The van der Waals surface area contributed by atoms with Gasteiger partial charge in [0.15, 0.2) is 0 Å². The van der Waals surface area contributed by atoms with Crippen molar-refractivity contribution >= 4 is 17.3 Å². The van der Waals surface area contributed by atoms with E-state index in [1.165, 1.54) is 12.0 Å². The first-order valence-corrected chi connectivity index (χ1v) is 7.88. The summed E-state index contributed by atoms with van der Waals surface area (Å²) in [6.45, 7) is 6.40. The van der Waals surface area contributed by atoms with Crippen molar-refractivity contribution in [1.82, 2.24) is 5.32 Å². The van der Waals surface area contributed by atoms with Gasteiger partial charge in [-0.1, -0.05) is 19.9 Å². The van der Waals surface area contributed by atoms with Gasteiger partial charge in [-0.15, -0.1) is 11.3 Å². The fraction of sp³-hybridized carbons (Fsp3) is 0.438. The smallest absolute Gasteiger partial charge is 0.373 e. The Hall–Kier alpha value is -1.59. The highest BCUT2D eigenvalue weighted by atomic mass is 32.1. The third-order valence-electron chi connectivity index (χ3n) is 3.39. The molecular formula is C16H21NO3S. The fourth-order valence-corrected chi connectivity index (χ4v) is 3.18. The molecule has 0 fully saturated rings. The van der Waals surface area contributed by atoms with E-state index in [1.54, 1.807) is 17.4 Å². The van der Waals surface area contributed by atoms with Crippen LogP contribution in [0.25, 0.3) is 0 Å². The number of hydrogen-bond donors (Lipinski definition) is 1. The van der Waals surface area contributed by atoms with Gasteiger partial charge < -0.3 is 9.15 Å². The topological polar surface area (TPSA) is 51.5 Å². The van der Waals surface area contributed by atoms with Crippen LogP contribution in [0.5, 0.6) is 0 Å². The first kappa shape index (κ1) is 15.8. The number of furan rings is 1. The normalized spacial score (nSPS) is 14.1. The van der Waals surface area contributed by atoms with Crippen molar-refractivity contribution in [1.29, 1.82) is 0 Å². The number of carbonyl (C=O) groups excluding carboxylic acids is 1. The highest BCUT2D eigenvalue weighted by Crippen LogP contribution is 2.29. The minimum absolute atomic E-state index is 0.0120. The van der Waals surface area contributed by atoms with E-state index in [0.717, 1.165) is 5.76 Å². The first-order valence-electron chi connectivity index (χ1n) is 7.00. The highest BCUT2D eigenvalue weighted by Gasteiger charge is 2.22. The third-order valence-corrected chi connectivity index (χ3v) is 4.34. The van der Waals surface area contributed by atoms with Gasteiger partial charge in [-0.2, -0.15) is 0 Å². The number of ether oxygens (including phenoxy) is 1. The zero-order chi connectivity index (χ0) is 15.4. The quantitative estimate of drug-likeness (QED) is 0.814. The standard InChI is InChI=1S/C16H21NO3S/c1-10(2)15(14-6-5-9-21-14)17-11(3)12-7-8-13(20-12)16(18)19-4/h5-11,15,17H,1-4H3. The molecule has 0 saturated carbocycles. The van der Waals surface area contributed by atoms with Crippen molar-refractivity contribution in [3.8, 4) is 0 Å². The van der Waals surface area contributed by atoms with Crippen molar-refractivity contribution < 1.29 is 13.9 Å². The van der Waals surface area contributed by atoms with E-state index in [2.05, 4.69) is 41.4 Å². The summed E-state index contributed by atoms with van der Waals surface area (Å²) < 4.78 is 10.2. The van der Waals surface area contributed by atoms with Crippen LogP contribution in [0.4, 0.5) is 0 Å². The number of methoxy groups -OCH3 is 1. The van der Waals surface area contributed by atoms with E-state index >= 15 is 0 Å². The largest absolute Gasteiger partial charge is 0.463 e. The molecule has 2 atom stereocenters. The average Bonchev–Trinajstić information content (AvgIpc) is 3.14. The molecular weight excluding hydrogens is 286 g/mol. The van der Waals surface area contributed by atoms with Crippen LogP contribution in [0.3, 0.4) is 0 Å². The summed E-state index contributed by atoms with van der Waals surface area (Å²) in [6.07, 6.45) is 0. The van der Waals surface area contributed by atoms with Gasteiger partial charge in [0.2, 0.25) is 5.76 Å². The van der Waals surface area contributed by atoms with Gasteiger partial charge in [-0.25, -0.2) is 4.79 Å². The summed E-state index contributed by atoms with van der Waals surface area (Å²) in [4.78, 5) is 12.7. The number of hydrogen-bond acceptors (Lipinski definition) is 5. The monoisotopic (exact) mass is 307 g/mol. The number of nitrogens with one attached hydrogen (secondary N) is 1. The molecule has 5 heteroatoms. The number of carbonyl (C=O) groups is 1. The van der Waals surface area contributed by atoms with E-state index in [-0.39, 0.29) is 17.8 Å². The first-order chi connectivity index (χ1) is 10.0. The lowest BCUT2D eigenvalue weighted by Gasteiger charge is -2.24. The van der Waals surface area contributed by atoms with Crippen LogP contribution in [-0.4, -0.2) is 13.1 Å². The van der Waals surface area contributed by atoms with E-state index in [9.17, 15) is 4.79 Å². The molecule has 0 saturated heterocycles. The Bertz CT molecular complexity index is 574. The third kappa shape index (κ3) is 3.74. The second-order valence-corrected chi connectivity index (χ2v) is 6.30. The van der Waals surface area contributed by atoms with Gasteiger partial charge >= 0.3 is 5.97 Å². The van der Waals surface area contributed by atoms with Crippen molar-refractivity contribution in [2.45, 2.75) is 32.9 Å². The van der Waals surface area contributed by atoms with Gasteiger partial charge in [-0.05, 0) is 36.4 Å². The summed E-state index contributed by atoms with van der Waals surface area (Å²) in [6, 6.07) is 7.93. The molecule has 2 aromatic rings. The van der Waals surface area contributed by atoms with Gasteiger partial charge in [0, 0.05) is 10.9 Å². The SMILES string of the molecule is COC(=O)c1ccc(C(C)NC(c2cccs2)C(C)C)o1. The van der Waals surface area contributed by atoms with E-state index in [0.29, 0.717) is 5.92 Å². The van der Waals surface area contributed by atoms with Crippen LogP contribution in [0, 0.1) is 5.92 Å². The molecule has 0 amide bonds. The van der Waals surface area contributed by atoms with Crippen LogP contribution in [0.1, 0.15) is 54.0 Å². The molecule has 0 bridgehead atoms. The van der Waals surface area contributed by atoms with E-state index < -0.39 is 5.97 Å². The summed E-state index contributed by atoms with van der Waals surface area (Å²) in [5.74, 6) is 0.976. The molecule has 0 aliphatic heterocycles. The zero-order valence-electron chi connectivity index (χ0n) is 12.8. The Morgan fingerprint density at radius 1 is 1.29 bits per heavy atom. The fourth-order valence-electron chi connectivity index (χ4n) is 2.22. The summed E-state index contributed by atoms with van der Waals surface area (Å²) in [5.41, 5.74) is 0. The second kappa shape index (κ2) is 6.91. The zero-order valence-corrected chi connectivity index (χ0v) is 13.6. The van der Waals surface area contributed by atoms with Gasteiger partial charge in [0.1, 0.15) is 5.76 Å². The summed E-state index contributed by atoms with van der Waals surface area (Å²) >= 11 is 1.74. The van der Waals surface area contributed by atoms with Crippen molar-refractivity contribution in [3.05, 3.63) is 46.0 Å². The van der Waals surface area contributed by atoms with Crippen molar-refractivity contribution in [2.75, 3.05) is 7.11 Å². The van der Waals surface area contributed by atoms with Crippen molar-refractivity contribution in [3.63, 3.8) is 0 Å². The summed E-state index contributed by atoms with van der Waals surface area (Å²) in [5, 5.41) is 5.65. The predicted octanol–water partition coefficient (Wildman–Crippen LogP) is 4.18. The highest BCUT2D eigenvalue weighted by molar-refractivity contribution is 7.10. The Balaban J connectivity index is 2.10. The molecule has 1 N–H and O–H groups in total. The van der Waals surface area contributed by atoms with Gasteiger partial charge in [0.25, 0.3) is 0 Å². The molecule has 0 radical (unpaired) electrons. The molecule has 0 spiro atoms. The summed E-state index contributed by atoms with van der Waals surface area (Å²) in [7, 11) is 1.35. The maximum absolute atomic E-state index is 11.4. The van der Waals surface area contributed by atoms with Crippen LogP contribution < -0.4 is 5.32 Å². The molecule has 0 aromatic carbocycles. The Labute approximate surface area is 129 Å². The average molecular weight is 307 g/mol. The minimum Gasteiger partial charge on any atom is -0.463 e. The van der Waals surface area contributed by atoms with Crippen molar-refractivity contribution in [2.24, 2.45) is 5.92 Å². The number of rotatable bonds is 6. The van der Waals surface area contributed by atoms with E-state index in [4.69, 9.17) is 4.42 Å². The lowest BCUT2D eigenvalue weighted by atomic mass is 10.0. The molecule has 2 heterocycles. The van der Waals surface area contributed by atoms with Gasteiger partial charge in [0.05, 0.1) is 13.2 Å². The minimum atomic E-state index is -0.452. The lowest BCUT2D eigenvalue weighted by Crippen LogP contribution is -2.27. The molecule has 2 aromatic heterocycles. The lowest BCUT2D eigenvalue weighted by molar-refractivity contribution is 0.0562. The number of esters is 1. The number of thiophene rings is 1. The Morgan fingerprint density at radius 3 is 2.62 bits per heavy atom. The molecule has 21 heavy (non-hydrogen) atoms. The van der Waals surface area contributed by atoms with Crippen LogP contribution in [0.2, 0.25) is 0 Å². The Morgan fingerprint density at radius 2 is 2.05 bits per heavy atom. The molecule has 2 rings (SSSR count). The molecule has 4 nitrogen and oxygen atoms in total. The molecule has 0 aliphatic carbocycles. The predicted molar refractivity (Wildman–Crippen MR) is 83.5 cm³/mol. The molecule has 114 valence electrons. The maximum atomic E-state index is 11.4. The van der Waals surface area contributed by atoms with Crippen LogP contribution >= 0.6 is 11.3 Å².